The van der Waals surface area contributed by atoms with Gasteiger partial charge in [0.25, 0.3) is 5.91 Å². The lowest BCUT2D eigenvalue weighted by atomic mass is 9.94. The Bertz CT molecular complexity index is 488. The Hall–Kier alpha value is -1.82. The second-order valence-corrected chi connectivity index (χ2v) is 5.47. The highest BCUT2D eigenvalue weighted by atomic mass is 16.5. The van der Waals surface area contributed by atoms with Crippen molar-refractivity contribution in [1.29, 1.82) is 0 Å². The molecule has 0 spiro atoms. The number of hydrogen-bond acceptors (Lipinski definition) is 5. The van der Waals surface area contributed by atoms with E-state index < -0.39 is 5.91 Å². The minimum atomic E-state index is -0.534. The second-order valence-electron chi connectivity index (χ2n) is 5.47. The van der Waals surface area contributed by atoms with E-state index in [2.05, 4.69) is 10.3 Å². The quantitative estimate of drug-likeness (QED) is 0.759. The van der Waals surface area contributed by atoms with E-state index in [-0.39, 0.29) is 11.6 Å². The highest BCUT2D eigenvalue weighted by Crippen LogP contribution is 2.27. The van der Waals surface area contributed by atoms with Crippen molar-refractivity contribution in [3.63, 3.8) is 0 Å². The van der Waals surface area contributed by atoms with Crippen molar-refractivity contribution in [2.24, 2.45) is 5.73 Å². The van der Waals surface area contributed by atoms with Gasteiger partial charge in [0.15, 0.2) is 0 Å². The van der Waals surface area contributed by atoms with Gasteiger partial charge in [-0.05, 0) is 32.8 Å². The number of nitrogens with zero attached hydrogens (tertiary/aromatic N) is 1. The van der Waals surface area contributed by atoms with Crippen LogP contribution in [0.5, 0.6) is 0 Å². The fraction of sp³-hybridized carbons (Fsp3) is 0.538. The smallest absolute Gasteiger partial charge is 0.252 e. The number of primary amides is 1. The largest absolute Gasteiger partial charge is 0.397 e. The number of nitrogen functional groups attached to an aromatic ring is 1. The van der Waals surface area contributed by atoms with Gasteiger partial charge in [0.2, 0.25) is 0 Å². The minimum absolute atomic E-state index is 0.170. The average Bonchev–Trinajstić information content (AvgIpc) is 2.30. The summed E-state index contributed by atoms with van der Waals surface area (Å²) < 4.78 is 5.66. The molecule has 2 rings (SSSR count). The summed E-state index contributed by atoms with van der Waals surface area (Å²) in [5, 5.41) is 3.27. The number of carbonyl (C=O) groups is 1. The predicted octanol–water partition coefficient (Wildman–Crippen LogP) is 1.13. The summed E-state index contributed by atoms with van der Waals surface area (Å²) in [6, 6.07) is 1.75. The van der Waals surface area contributed by atoms with E-state index >= 15 is 0 Å². The van der Waals surface area contributed by atoms with E-state index in [0.29, 0.717) is 23.7 Å². The lowest BCUT2D eigenvalue weighted by Gasteiger charge is -2.36. The number of nitrogens with two attached hydrogens (primary N) is 2. The molecule has 6 nitrogen and oxygen atoms in total. The fourth-order valence-corrected chi connectivity index (χ4v) is 2.33. The van der Waals surface area contributed by atoms with Crippen LogP contribution in [-0.2, 0) is 4.74 Å². The molecule has 1 saturated heterocycles. The lowest BCUT2D eigenvalue weighted by molar-refractivity contribution is -0.0553. The van der Waals surface area contributed by atoms with Crippen LogP contribution in [0.1, 0.15) is 37.0 Å². The molecule has 1 aromatic heterocycles. The van der Waals surface area contributed by atoms with Gasteiger partial charge in [0, 0.05) is 12.6 Å². The normalized spacial score (nSPS) is 21.9. The topological polar surface area (TPSA) is 103 Å². The van der Waals surface area contributed by atoms with E-state index in [4.69, 9.17) is 16.2 Å². The molecule has 1 aliphatic rings. The molecule has 0 saturated carbocycles. The summed E-state index contributed by atoms with van der Waals surface area (Å²) in [6.45, 7) is 4.78. The minimum Gasteiger partial charge on any atom is -0.397 e. The summed E-state index contributed by atoms with van der Waals surface area (Å²) in [7, 11) is 0. The van der Waals surface area contributed by atoms with Gasteiger partial charge in [-0.2, -0.15) is 0 Å². The molecule has 1 atom stereocenters. The molecule has 0 bridgehead atoms. The van der Waals surface area contributed by atoms with Crippen molar-refractivity contribution in [2.75, 3.05) is 17.7 Å². The SMILES string of the molecule is CC1(C)CC(Nc2ncc(N)cc2C(N)=O)CCO1. The van der Waals surface area contributed by atoms with Crippen molar-refractivity contribution in [1.82, 2.24) is 4.98 Å². The Morgan fingerprint density at radius 2 is 2.32 bits per heavy atom. The first-order valence-corrected chi connectivity index (χ1v) is 6.33. The first-order chi connectivity index (χ1) is 8.87. The standard InChI is InChI=1S/C13H20N4O2/c1-13(2)6-9(3-4-19-13)17-12-10(11(15)18)5-8(14)7-16-12/h5,7,9H,3-4,6,14H2,1-2H3,(H2,15,18)(H,16,17). The number of carbonyl (C=O) groups excluding carboxylic acids is 1. The van der Waals surface area contributed by atoms with Crippen LogP contribution in [0.3, 0.4) is 0 Å². The molecule has 1 amide bonds. The van der Waals surface area contributed by atoms with Crippen molar-refractivity contribution in [3.8, 4) is 0 Å². The number of pyridine rings is 1. The average molecular weight is 264 g/mol. The maximum absolute atomic E-state index is 11.4. The summed E-state index contributed by atoms with van der Waals surface area (Å²) in [5.74, 6) is -0.0435. The number of rotatable bonds is 3. The van der Waals surface area contributed by atoms with Crippen LogP contribution in [0.15, 0.2) is 12.3 Å². The molecule has 1 unspecified atom stereocenters. The predicted molar refractivity (Wildman–Crippen MR) is 73.8 cm³/mol. The van der Waals surface area contributed by atoms with Gasteiger partial charge in [-0.1, -0.05) is 0 Å². The number of aromatic nitrogens is 1. The Morgan fingerprint density at radius 3 is 2.95 bits per heavy atom. The summed E-state index contributed by atoms with van der Waals surface area (Å²) in [4.78, 5) is 15.6. The summed E-state index contributed by atoms with van der Waals surface area (Å²) >= 11 is 0. The third kappa shape index (κ3) is 3.35. The number of hydrogen-bond donors (Lipinski definition) is 3. The van der Waals surface area contributed by atoms with Crippen molar-refractivity contribution < 1.29 is 9.53 Å². The molecule has 1 fully saturated rings. The van der Waals surface area contributed by atoms with Crippen LogP contribution in [-0.4, -0.2) is 29.1 Å². The van der Waals surface area contributed by atoms with Gasteiger partial charge in [-0.3, -0.25) is 4.79 Å². The molecule has 19 heavy (non-hydrogen) atoms. The molecular formula is C13H20N4O2. The zero-order valence-electron chi connectivity index (χ0n) is 11.3. The maximum Gasteiger partial charge on any atom is 0.252 e. The van der Waals surface area contributed by atoms with Gasteiger partial charge in [0.05, 0.1) is 23.0 Å². The van der Waals surface area contributed by atoms with Crippen LogP contribution in [0.2, 0.25) is 0 Å². The van der Waals surface area contributed by atoms with Gasteiger partial charge in [0.1, 0.15) is 5.82 Å². The second kappa shape index (κ2) is 5.05. The monoisotopic (exact) mass is 264 g/mol. The van der Waals surface area contributed by atoms with Crippen LogP contribution >= 0.6 is 0 Å². The zero-order chi connectivity index (χ0) is 14.0. The van der Waals surface area contributed by atoms with Crippen molar-refractivity contribution in [3.05, 3.63) is 17.8 Å². The highest BCUT2D eigenvalue weighted by molar-refractivity contribution is 5.98. The van der Waals surface area contributed by atoms with E-state index in [1.54, 1.807) is 6.07 Å². The molecule has 0 aromatic carbocycles. The number of ether oxygens (including phenoxy) is 1. The van der Waals surface area contributed by atoms with Gasteiger partial charge >= 0.3 is 0 Å². The van der Waals surface area contributed by atoms with Crippen molar-refractivity contribution in [2.45, 2.75) is 38.3 Å². The first-order valence-electron chi connectivity index (χ1n) is 6.33. The fourth-order valence-electron chi connectivity index (χ4n) is 2.33. The van der Waals surface area contributed by atoms with Gasteiger partial charge < -0.3 is 21.5 Å². The van der Waals surface area contributed by atoms with Crippen molar-refractivity contribution >= 4 is 17.4 Å². The first kappa shape index (κ1) is 13.6. The molecule has 1 aromatic rings. The Balaban J connectivity index is 2.17. The van der Waals surface area contributed by atoms with Crippen LogP contribution < -0.4 is 16.8 Å². The van der Waals surface area contributed by atoms with Crippen LogP contribution in [0, 0.1) is 0 Å². The molecule has 1 aliphatic heterocycles. The zero-order valence-corrected chi connectivity index (χ0v) is 11.3. The molecule has 2 heterocycles. The Morgan fingerprint density at radius 1 is 1.58 bits per heavy atom. The van der Waals surface area contributed by atoms with Gasteiger partial charge in [-0.25, -0.2) is 4.98 Å². The molecule has 104 valence electrons. The lowest BCUT2D eigenvalue weighted by Crippen LogP contribution is -2.40. The van der Waals surface area contributed by atoms with E-state index in [1.807, 2.05) is 13.8 Å². The number of anilines is 2. The third-order valence-corrected chi connectivity index (χ3v) is 3.21. The summed E-state index contributed by atoms with van der Waals surface area (Å²) in [6.07, 6.45) is 3.23. The Kier molecular flexibility index (Phi) is 3.61. The number of nitrogens with one attached hydrogen (secondary N) is 1. The molecule has 6 heteroatoms. The van der Waals surface area contributed by atoms with E-state index in [0.717, 1.165) is 12.8 Å². The van der Waals surface area contributed by atoms with E-state index in [9.17, 15) is 4.79 Å². The summed E-state index contributed by atoms with van der Waals surface area (Å²) in [5.41, 5.74) is 11.5. The maximum atomic E-state index is 11.4. The third-order valence-electron chi connectivity index (χ3n) is 3.21. The van der Waals surface area contributed by atoms with Gasteiger partial charge in [-0.15, -0.1) is 0 Å². The Labute approximate surface area is 112 Å². The molecular weight excluding hydrogens is 244 g/mol. The molecule has 0 aliphatic carbocycles. The molecule has 0 radical (unpaired) electrons. The van der Waals surface area contributed by atoms with E-state index in [1.165, 1.54) is 6.20 Å². The highest BCUT2D eigenvalue weighted by Gasteiger charge is 2.29. The molecule has 5 N–H and O–H groups in total. The van der Waals surface area contributed by atoms with Crippen LogP contribution in [0.4, 0.5) is 11.5 Å². The van der Waals surface area contributed by atoms with Crippen LogP contribution in [0.25, 0.3) is 0 Å². The number of amides is 1.